The van der Waals surface area contributed by atoms with E-state index in [1.807, 2.05) is 35.1 Å². The summed E-state index contributed by atoms with van der Waals surface area (Å²) in [6.07, 6.45) is 6.04. The third-order valence-electron chi connectivity index (χ3n) is 3.61. The Labute approximate surface area is 112 Å². The van der Waals surface area contributed by atoms with E-state index in [2.05, 4.69) is 11.3 Å². The van der Waals surface area contributed by atoms with Crippen molar-refractivity contribution in [3.8, 4) is 11.1 Å². The van der Waals surface area contributed by atoms with Crippen LogP contribution in [0.25, 0.3) is 11.1 Å². The first-order valence-corrected chi connectivity index (χ1v) is 6.69. The van der Waals surface area contributed by atoms with Crippen LogP contribution in [0.3, 0.4) is 0 Å². The Bertz CT molecular complexity index is 545. The average Bonchev–Trinajstić information content (AvgIpc) is 2.98. The van der Waals surface area contributed by atoms with Crippen LogP contribution in [0.5, 0.6) is 0 Å². The van der Waals surface area contributed by atoms with E-state index in [0.717, 1.165) is 42.7 Å². The number of ether oxygens (including phenoxy) is 1. The zero-order valence-electron chi connectivity index (χ0n) is 10.8. The van der Waals surface area contributed by atoms with E-state index in [4.69, 9.17) is 4.74 Å². The van der Waals surface area contributed by atoms with Crippen molar-refractivity contribution in [3.63, 3.8) is 0 Å². The van der Waals surface area contributed by atoms with E-state index >= 15 is 0 Å². The van der Waals surface area contributed by atoms with Gasteiger partial charge in [-0.3, -0.25) is 4.68 Å². The monoisotopic (exact) mass is 258 g/mol. The molecule has 0 bridgehead atoms. The number of hydrogen-bond acceptors (Lipinski definition) is 3. The summed E-state index contributed by atoms with van der Waals surface area (Å²) < 4.78 is 7.42. The van der Waals surface area contributed by atoms with Crippen molar-refractivity contribution in [1.82, 2.24) is 9.78 Å². The number of aliphatic hydroxyl groups is 1. The fraction of sp³-hybridized carbons (Fsp3) is 0.400. The lowest BCUT2D eigenvalue weighted by atomic mass is 10.1. The zero-order valence-corrected chi connectivity index (χ0v) is 10.8. The first kappa shape index (κ1) is 12.4. The molecule has 3 rings (SSSR count). The Morgan fingerprint density at radius 1 is 1.26 bits per heavy atom. The molecule has 0 saturated carbocycles. The van der Waals surface area contributed by atoms with Gasteiger partial charge in [0.15, 0.2) is 0 Å². The molecule has 100 valence electrons. The average molecular weight is 258 g/mol. The lowest BCUT2D eigenvalue weighted by Crippen LogP contribution is -2.19. The van der Waals surface area contributed by atoms with Crippen molar-refractivity contribution in [2.45, 2.75) is 25.5 Å². The summed E-state index contributed by atoms with van der Waals surface area (Å²) in [6.45, 7) is 1.71. The minimum absolute atomic E-state index is 0.0714. The number of hydrogen-bond donors (Lipinski definition) is 1. The highest BCUT2D eigenvalue weighted by Crippen LogP contribution is 2.25. The summed E-state index contributed by atoms with van der Waals surface area (Å²) in [6, 6.07) is 8.39. The molecule has 0 amide bonds. The molecule has 19 heavy (non-hydrogen) atoms. The Morgan fingerprint density at radius 3 is 2.89 bits per heavy atom. The molecule has 2 aromatic rings. The van der Waals surface area contributed by atoms with Crippen molar-refractivity contribution in [2.24, 2.45) is 0 Å². The molecule has 1 aliphatic heterocycles. The van der Waals surface area contributed by atoms with Crippen LogP contribution >= 0.6 is 0 Å². The van der Waals surface area contributed by atoms with E-state index < -0.39 is 0 Å². The molecular formula is C15H18N2O2. The van der Waals surface area contributed by atoms with Crippen molar-refractivity contribution < 1.29 is 9.84 Å². The predicted molar refractivity (Wildman–Crippen MR) is 72.7 cm³/mol. The third kappa shape index (κ3) is 2.69. The van der Waals surface area contributed by atoms with Gasteiger partial charge in [-0.25, -0.2) is 0 Å². The largest absolute Gasteiger partial charge is 0.392 e. The van der Waals surface area contributed by atoms with Gasteiger partial charge >= 0.3 is 0 Å². The van der Waals surface area contributed by atoms with Crippen molar-refractivity contribution in [2.75, 3.05) is 13.2 Å². The van der Waals surface area contributed by atoms with Crippen LogP contribution in [0.15, 0.2) is 36.7 Å². The van der Waals surface area contributed by atoms with Crippen LogP contribution in [0, 0.1) is 0 Å². The van der Waals surface area contributed by atoms with Crippen LogP contribution in [-0.4, -0.2) is 28.1 Å². The fourth-order valence-electron chi connectivity index (χ4n) is 2.49. The quantitative estimate of drug-likeness (QED) is 0.919. The third-order valence-corrected chi connectivity index (χ3v) is 3.61. The first-order valence-electron chi connectivity index (χ1n) is 6.69. The van der Waals surface area contributed by atoms with Gasteiger partial charge in [-0.1, -0.05) is 18.2 Å². The minimum Gasteiger partial charge on any atom is -0.392 e. The SMILES string of the molecule is OCc1cccc(-c2cnn(C3CCOCC3)c2)c1. The van der Waals surface area contributed by atoms with Gasteiger partial charge in [0.1, 0.15) is 0 Å². The molecule has 0 atom stereocenters. The summed E-state index contributed by atoms with van der Waals surface area (Å²) in [5.41, 5.74) is 3.13. The highest BCUT2D eigenvalue weighted by molar-refractivity contribution is 5.62. The number of benzene rings is 1. The summed E-state index contributed by atoms with van der Waals surface area (Å²) in [4.78, 5) is 0. The standard InChI is InChI=1S/C15H18N2O2/c18-11-12-2-1-3-13(8-12)14-9-16-17(10-14)15-4-6-19-7-5-15/h1-3,8-10,15,18H,4-7,11H2. The second-order valence-electron chi connectivity index (χ2n) is 4.91. The van der Waals surface area contributed by atoms with Gasteiger partial charge in [0.2, 0.25) is 0 Å². The highest BCUT2D eigenvalue weighted by Gasteiger charge is 2.16. The van der Waals surface area contributed by atoms with Crippen molar-refractivity contribution >= 4 is 0 Å². The molecule has 4 heteroatoms. The van der Waals surface area contributed by atoms with Gasteiger partial charge < -0.3 is 9.84 Å². The van der Waals surface area contributed by atoms with Crippen LogP contribution in [-0.2, 0) is 11.3 Å². The summed E-state index contributed by atoms with van der Waals surface area (Å²) in [5.74, 6) is 0. The maximum atomic E-state index is 9.18. The molecule has 0 aliphatic carbocycles. The Morgan fingerprint density at radius 2 is 2.11 bits per heavy atom. The fourth-order valence-corrected chi connectivity index (χ4v) is 2.49. The number of rotatable bonds is 3. The molecule has 1 fully saturated rings. The predicted octanol–water partition coefficient (Wildman–Crippen LogP) is 2.39. The molecule has 0 unspecified atom stereocenters. The van der Waals surface area contributed by atoms with Gasteiger partial charge in [0, 0.05) is 25.0 Å². The second-order valence-corrected chi connectivity index (χ2v) is 4.91. The lowest BCUT2D eigenvalue weighted by Gasteiger charge is -2.22. The maximum absolute atomic E-state index is 9.18. The molecule has 1 aliphatic rings. The number of aromatic nitrogens is 2. The zero-order chi connectivity index (χ0) is 13.1. The molecule has 1 aromatic carbocycles. The van der Waals surface area contributed by atoms with E-state index in [0.29, 0.717) is 6.04 Å². The van der Waals surface area contributed by atoms with Gasteiger partial charge in [0.25, 0.3) is 0 Å². The van der Waals surface area contributed by atoms with Crippen LogP contribution in [0.4, 0.5) is 0 Å². The molecule has 1 N–H and O–H groups in total. The number of nitrogens with zero attached hydrogens (tertiary/aromatic N) is 2. The molecule has 1 saturated heterocycles. The van der Waals surface area contributed by atoms with E-state index in [1.54, 1.807) is 0 Å². The molecular weight excluding hydrogens is 240 g/mol. The smallest absolute Gasteiger partial charge is 0.0682 e. The molecule has 1 aromatic heterocycles. The molecule has 0 radical (unpaired) electrons. The van der Waals surface area contributed by atoms with Gasteiger partial charge in [-0.05, 0) is 30.0 Å². The summed E-state index contributed by atoms with van der Waals surface area (Å²) in [7, 11) is 0. The Kier molecular flexibility index (Phi) is 3.62. The topological polar surface area (TPSA) is 47.3 Å². The van der Waals surface area contributed by atoms with E-state index in [1.165, 1.54) is 0 Å². The normalized spacial score (nSPS) is 16.7. The van der Waals surface area contributed by atoms with Gasteiger partial charge in [-0.2, -0.15) is 5.10 Å². The Hall–Kier alpha value is -1.65. The summed E-state index contributed by atoms with van der Waals surface area (Å²) >= 11 is 0. The molecule has 0 spiro atoms. The van der Waals surface area contributed by atoms with E-state index in [9.17, 15) is 5.11 Å². The molecule has 2 heterocycles. The second kappa shape index (κ2) is 5.55. The van der Waals surface area contributed by atoms with Gasteiger partial charge in [-0.15, -0.1) is 0 Å². The van der Waals surface area contributed by atoms with Crippen LogP contribution in [0.2, 0.25) is 0 Å². The van der Waals surface area contributed by atoms with Gasteiger partial charge in [0.05, 0.1) is 18.8 Å². The van der Waals surface area contributed by atoms with Crippen LogP contribution < -0.4 is 0 Å². The Balaban J connectivity index is 1.83. The number of aliphatic hydroxyl groups excluding tert-OH is 1. The maximum Gasteiger partial charge on any atom is 0.0682 e. The van der Waals surface area contributed by atoms with Crippen molar-refractivity contribution in [3.05, 3.63) is 42.2 Å². The van der Waals surface area contributed by atoms with Crippen molar-refractivity contribution in [1.29, 1.82) is 0 Å². The van der Waals surface area contributed by atoms with Crippen LogP contribution in [0.1, 0.15) is 24.4 Å². The minimum atomic E-state index is 0.0714. The van der Waals surface area contributed by atoms with E-state index in [-0.39, 0.29) is 6.61 Å². The first-order chi connectivity index (χ1) is 9.36. The summed E-state index contributed by atoms with van der Waals surface area (Å²) in [5, 5.41) is 13.7. The lowest BCUT2D eigenvalue weighted by molar-refractivity contribution is 0.0662. The highest BCUT2D eigenvalue weighted by atomic mass is 16.5. The molecule has 4 nitrogen and oxygen atoms in total.